The Morgan fingerprint density at radius 1 is 1.10 bits per heavy atom. The number of aliphatic hydroxyl groups is 3. The van der Waals surface area contributed by atoms with Gasteiger partial charge in [-0.2, -0.15) is 0 Å². The fourth-order valence-electron chi connectivity index (χ4n) is 2.04. The first-order valence-electron chi connectivity index (χ1n) is 6.19. The number of nitrogens with one attached hydrogen (secondary N) is 1. The molecule has 0 aliphatic carbocycles. The molecule has 111 valence electrons. The first-order chi connectivity index (χ1) is 9.40. The Kier molecular flexibility index (Phi) is 6.61. The van der Waals surface area contributed by atoms with Gasteiger partial charge in [0.2, 0.25) is 0 Å². The van der Waals surface area contributed by atoms with E-state index in [0.717, 1.165) is 0 Å². The maximum Gasteiger partial charge on any atom is 0.335 e. The van der Waals surface area contributed by atoms with Gasteiger partial charge in [0.1, 0.15) is 18.3 Å². The van der Waals surface area contributed by atoms with Crippen LogP contribution in [-0.2, 0) is 4.74 Å². The van der Waals surface area contributed by atoms with E-state index in [0.29, 0.717) is 5.69 Å². The Balaban J connectivity index is 0.00000220. The molecule has 0 bridgehead atoms. The van der Waals surface area contributed by atoms with Crippen molar-refractivity contribution in [3.63, 3.8) is 0 Å². The van der Waals surface area contributed by atoms with E-state index in [9.17, 15) is 20.1 Å². The Labute approximate surface area is 143 Å². The molecule has 1 aliphatic rings. The van der Waals surface area contributed by atoms with Gasteiger partial charge in [-0.15, -0.1) is 0 Å². The minimum absolute atomic E-state index is 0. The molecule has 1 radical (unpaired) electrons. The monoisotopic (exact) mass is 306 g/mol. The number of carboxylic acid groups (broad SMARTS) is 1. The van der Waals surface area contributed by atoms with Gasteiger partial charge in [-0.25, -0.2) is 4.79 Å². The van der Waals surface area contributed by atoms with Crippen molar-refractivity contribution >= 4 is 41.2 Å². The molecule has 5 N–H and O–H groups in total. The molecule has 8 heteroatoms. The second-order valence-electron chi connectivity index (χ2n) is 4.76. The molecule has 1 aromatic rings. The quantitative estimate of drug-likeness (QED) is 0.466. The molecule has 0 aromatic heterocycles. The predicted octanol–water partition coefficient (Wildman–Crippen LogP) is -0.757. The summed E-state index contributed by atoms with van der Waals surface area (Å²) in [7, 11) is 0. The van der Waals surface area contributed by atoms with E-state index >= 15 is 0 Å². The van der Waals surface area contributed by atoms with Crippen molar-refractivity contribution in [2.45, 2.75) is 37.6 Å². The van der Waals surface area contributed by atoms with E-state index in [1.54, 1.807) is 6.92 Å². The van der Waals surface area contributed by atoms with Gasteiger partial charge in [-0.1, -0.05) is 0 Å². The van der Waals surface area contributed by atoms with Crippen molar-refractivity contribution in [2.75, 3.05) is 5.32 Å². The largest absolute Gasteiger partial charge is 0.478 e. The molecular formula is C13H17NNaO6. The molecule has 1 aromatic carbocycles. The average molecular weight is 306 g/mol. The molecule has 0 saturated carbocycles. The molecule has 1 aliphatic heterocycles. The Morgan fingerprint density at radius 2 is 1.67 bits per heavy atom. The fraction of sp³-hybridized carbons (Fsp3) is 0.462. The van der Waals surface area contributed by atoms with Gasteiger partial charge in [-0.3, -0.25) is 0 Å². The summed E-state index contributed by atoms with van der Waals surface area (Å²) in [5.74, 6) is -1.03. The molecule has 1 heterocycles. The van der Waals surface area contributed by atoms with Gasteiger partial charge >= 0.3 is 5.97 Å². The summed E-state index contributed by atoms with van der Waals surface area (Å²) in [6.45, 7) is 1.59. The van der Waals surface area contributed by atoms with Crippen LogP contribution < -0.4 is 5.32 Å². The number of carboxylic acids is 1. The molecule has 0 amide bonds. The van der Waals surface area contributed by atoms with Crippen molar-refractivity contribution in [3.05, 3.63) is 29.8 Å². The van der Waals surface area contributed by atoms with Crippen LogP contribution in [0.4, 0.5) is 5.69 Å². The van der Waals surface area contributed by atoms with Crippen molar-refractivity contribution < 1.29 is 30.0 Å². The number of hydrogen-bond acceptors (Lipinski definition) is 6. The van der Waals surface area contributed by atoms with E-state index in [-0.39, 0.29) is 35.1 Å². The number of carbonyl (C=O) groups is 1. The van der Waals surface area contributed by atoms with Gasteiger partial charge in [-0.05, 0) is 31.2 Å². The molecule has 5 atom stereocenters. The standard InChI is InChI=1S/C13H17NO6.Na/c1-6-9(15)10(16)11(17)12(20-6)14-8-4-2-7(3-5-8)13(18)19;/h2-6,9-12,14-17H,1H3,(H,18,19);/t6-,9-,10+,11+,12+;/m0./s1. The minimum Gasteiger partial charge on any atom is -0.478 e. The van der Waals surface area contributed by atoms with Gasteiger partial charge in [0.15, 0.2) is 6.23 Å². The first kappa shape index (κ1) is 18.4. The Bertz CT molecular complexity index is 482. The zero-order valence-corrected chi connectivity index (χ0v) is 13.8. The number of ether oxygens (including phenoxy) is 1. The molecular weight excluding hydrogens is 289 g/mol. The fourth-order valence-corrected chi connectivity index (χ4v) is 2.04. The van der Waals surface area contributed by atoms with Crippen LogP contribution in [0.3, 0.4) is 0 Å². The third-order valence-electron chi connectivity index (χ3n) is 3.29. The van der Waals surface area contributed by atoms with E-state index in [1.165, 1.54) is 24.3 Å². The number of anilines is 1. The van der Waals surface area contributed by atoms with Gasteiger partial charge in [0.05, 0.1) is 11.7 Å². The number of aromatic carboxylic acids is 1. The van der Waals surface area contributed by atoms with E-state index in [4.69, 9.17) is 9.84 Å². The maximum atomic E-state index is 10.7. The topological polar surface area (TPSA) is 119 Å². The zero-order chi connectivity index (χ0) is 14.9. The maximum absolute atomic E-state index is 10.7. The summed E-state index contributed by atoms with van der Waals surface area (Å²) in [4.78, 5) is 10.7. The van der Waals surface area contributed by atoms with Crippen molar-refractivity contribution in [3.8, 4) is 0 Å². The summed E-state index contributed by atoms with van der Waals surface area (Å²) in [5, 5.41) is 40.7. The Hall–Kier alpha value is -0.670. The van der Waals surface area contributed by atoms with Crippen LogP contribution in [0, 0.1) is 0 Å². The molecule has 21 heavy (non-hydrogen) atoms. The van der Waals surface area contributed by atoms with Gasteiger partial charge in [0.25, 0.3) is 0 Å². The van der Waals surface area contributed by atoms with Crippen molar-refractivity contribution in [1.29, 1.82) is 0 Å². The zero-order valence-electron chi connectivity index (χ0n) is 11.8. The minimum atomic E-state index is -1.31. The average Bonchev–Trinajstić information content (AvgIpc) is 2.43. The van der Waals surface area contributed by atoms with Crippen molar-refractivity contribution in [1.82, 2.24) is 0 Å². The van der Waals surface area contributed by atoms with Crippen LogP contribution in [0.1, 0.15) is 17.3 Å². The van der Waals surface area contributed by atoms with Crippen molar-refractivity contribution in [2.24, 2.45) is 0 Å². The second-order valence-corrected chi connectivity index (χ2v) is 4.76. The summed E-state index contributed by atoms with van der Waals surface area (Å²) in [6, 6.07) is 5.88. The molecule has 1 saturated heterocycles. The number of hydrogen-bond donors (Lipinski definition) is 5. The number of benzene rings is 1. The smallest absolute Gasteiger partial charge is 0.335 e. The van der Waals surface area contributed by atoms with Gasteiger partial charge < -0.3 is 30.5 Å². The van der Waals surface area contributed by atoms with Crippen LogP contribution in [0.25, 0.3) is 0 Å². The summed E-state index contributed by atoms with van der Waals surface area (Å²) in [6.07, 6.45) is -5.28. The molecule has 0 unspecified atom stereocenters. The molecule has 1 fully saturated rings. The van der Waals surface area contributed by atoms with E-state index < -0.39 is 36.6 Å². The first-order valence-corrected chi connectivity index (χ1v) is 6.19. The molecule has 0 spiro atoms. The van der Waals surface area contributed by atoms with Crippen LogP contribution >= 0.6 is 0 Å². The third kappa shape index (κ3) is 4.17. The van der Waals surface area contributed by atoms with E-state index in [1.807, 2.05) is 0 Å². The van der Waals surface area contributed by atoms with Crippen LogP contribution in [0.2, 0.25) is 0 Å². The molecule has 2 rings (SSSR count). The third-order valence-corrected chi connectivity index (χ3v) is 3.29. The second kappa shape index (κ2) is 7.55. The summed E-state index contributed by atoms with van der Waals surface area (Å²) < 4.78 is 5.38. The van der Waals surface area contributed by atoms with Crippen LogP contribution in [0.15, 0.2) is 24.3 Å². The van der Waals surface area contributed by atoms with Crippen LogP contribution in [-0.4, -0.2) is 86.6 Å². The number of rotatable bonds is 3. The Morgan fingerprint density at radius 3 is 2.19 bits per heavy atom. The number of aliphatic hydroxyl groups excluding tert-OH is 3. The summed E-state index contributed by atoms with van der Waals surface area (Å²) >= 11 is 0. The normalized spacial score (nSPS) is 32.1. The van der Waals surface area contributed by atoms with Crippen LogP contribution in [0.5, 0.6) is 0 Å². The predicted molar refractivity (Wildman–Crippen MR) is 75.1 cm³/mol. The van der Waals surface area contributed by atoms with E-state index in [2.05, 4.69) is 5.32 Å². The SMILES string of the molecule is C[C@@H]1O[C@@H](Nc2ccc(C(=O)O)cc2)[C@H](O)[C@H](O)[C@H]1O.[Na]. The van der Waals surface area contributed by atoms with Gasteiger partial charge in [0, 0.05) is 35.2 Å². The summed E-state index contributed by atoms with van der Waals surface area (Å²) in [5.41, 5.74) is 0.680. The molecule has 7 nitrogen and oxygen atoms in total.